The smallest absolute Gasteiger partial charge is 0.317 e. The zero-order valence-electron chi connectivity index (χ0n) is 13.6. The fourth-order valence-corrected chi connectivity index (χ4v) is 2.55. The normalized spacial score (nSPS) is 11.0. The lowest BCUT2D eigenvalue weighted by atomic mass is 9.76. The molecule has 0 radical (unpaired) electrons. The number of carbonyl (C=O) groups excluding carboxylic acids is 1. The highest BCUT2D eigenvalue weighted by Crippen LogP contribution is 2.30. The van der Waals surface area contributed by atoms with Crippen LogP contribution in [0.4, 0.5) is 4.79 Å². The van der Waals surface area contributed by atoms with Crippen LogP contribution in [0, 0.1) is 0 Å². The first-order chi connectivity index (χ1) is 10.4. The number of carbonyl (C=O) groups is 2. The van der Waals surface area contributed by atoms with Crippen LogP contribution in [0.2, 0.25) is 0 Å². The number of rotatable bonds is 8. The fraction of sp³-hybridized carbons (Fsp3) is 0.529. The first-order valence-corrected chi connectivity index (χ1v) is 7.71. The Balaban J connectivity index is 2.69. The zero-order chi connectivity index (χ0) is 16.6. The van der Waals surface area contributed by atoms with Gasteiger partial charge in [0.2, 0.25) is 0 Å². The number of aliphatic carboxylic acids is 1. The van der Waals surface area contributed by atoms with Crippen LogP contribution >= 0.6 is 0 Å². The second-order valence-corrected chi connectivity index (χ2v) is 5.58. The monoisotopic (exact) mass is 306 g/mol. The molecule has 1 aromatic rings. The molecule has 0 aliphatic rings. The standard InChI is InChI=1S/C17H26N2O3/c1-4-17(5-2,14-9-7-6-8-10-14)13-18-16(22)19(3)12-11-15(20)21/h6-10H,4-5,11-13H2,1-3H3,(H,18,22)(H,20,21). The summed E-state index contributed by atoms with van der Waals surface area (Å²) in [4.78, 5) is 24.1. The number of hydrogen-bond donors (Lipinski definition) is 2. The molecule has 0 aliphatic heterocycles. The van der Waals surface area contributed by atoms with Gasteiger partial charge in [-0.1, -0.05) is 44.2 Å². The molecule has 0 heterocycles. The Morgan fingerprint density at radius 2 is 1.77 bits per heavy atom. The van der Waals surface area contributed by atoms with Crippen LogP contribution in [0.1, 0.15) is 38.7 Å². The minimum atomic E-state index is -0.902. The summed E-state index contributed by atoms with van der Waals surface area (Å²) in [6, 6.07) is 9.95. The van der Waals surface area contributed by atoms with Crippen molar-refractivity contribution >= 4 is 12.0 Å². The summed E-state index contributed by atoms with van der Waals surface area (Å²) in [5.74, 6) is -0.902. The molecule has 0 atom stereocenters. The van der Waals surface area contributed by atoms with Gasteiger partial charge in [0.1, 0.15) is 0 Å². The Labute approximate surface area is 132 Å². The van der Waals surface area contributed by atoms with Crippen molar-refractivity contribution in [1.29, 1.82) is 0 Å². The molecule has 5 heteroatoms. The van der Waals surface area contributed by atoms with E-state index in [0.717, 1.165) is 12.8 Å². The third kappa shape index (κ3) is 4.76. The van der Waals surface area contributed by atoms with E-state index in [9.17, 15) is 9.59 Å². The average molecular weight is 306 g/mol. The van der Waals surface area contributed by atoms with Gasteiger partial charge in [-0.25, -0.2) is 4.79 Å². The highest BCUT2D eigenvalue weighted by molar-refractivity contribution is 5.75. The molecule has 0 aromatic heterocycles. The van der Waals surface area contributed by atoms with Crippen LogP contribution < -0.4 is 5.32 Å². The number of urea groups is 1. The Morgan fingerprint density at radius 1 is 1.18 bits per heavy atom. The summed E-state index contributed by atoms with van der Waals surface area (Å²) in [5.41, 5.74) is 1.12. The Kier molecular flexibility index (Phi) is 6.89. The molecule has 122 valence electrons. The number of amides is 2. The summed E-state index contributed by atoms with van der Waals surface area (Å²) >= 11 is 0. The summed E-state index contributed by atoms with van der Waals surface area (Å²) in [7, 11) is 1.61. The lowest BCUT2D eigenvalue weighted by Crippen LogP contribution is -2.45. The zero-order valence-corrected chi connectivity index (χ0v) is 13.6. The molecule has 0 saturated heterocycles. The van der Waals surface area contributed by atoms with E-state index in [1.807, 2.05) is 18.2 Å². The second-order valence-electron chi connectivity index (χ2n) is 5.58. The molecule has 2 amide bonds. The van der Waals surface area contributed by atoms with E-state index in [1.54, 1.807) is 7.05 Å². The van der Waals surface area contributed by atoms with E-state index < -0.39 is 5.97 Å². The van der Waals surface area contributed by atoms with Crippen molar-refractivity contribution in [3.05, 3.63) is 35.9 Å². The van der Waals surface area contributed by atoms with Gasteiger partial charge in [-0.3, -0.25) is 4.79 Å². The van der Waals surface area contributed by atoms with Crippen LogP contribution in [-0.4, -0.2) is 42.1 Å². The van der Waals surface area contributed by atoms with Crippen molar-refractivity contribution in [2.45, 2.75) is 38.5 Å². The van der Waals surface area contributed by atoms with Crippen LogP contribution in [0.3, 0.4) is 0 Å². The van der Waals surface area contributed by atoms with Crippen molar-refractivity contribution in [2.24, 2.45) is 0 Å². The van der Waals surface area contributed by atoms with E-state index in [4.69, 9.17) is 5.11 Å². The van der Waals surface area contributed by atoms with Gasteiger partial charge in [-0.05, 0) is 18.4 Å². The molecule has 0 unspecified atom stereocenters. The predicted octanol–water partition coefficient (Wildman–Crippen LogP) is 2.86. The summed E-state index contributed by atoms with van der Waals surface area (Å²) in [6.45, 7) is 4.99. The van der Waals surface area contributed by atoms with Crippen LogP contribution in [0.5, 0.6) is 0 Å². The van der Waals surface area contributed by atoms with Crippen LogP contribution in [-0.2, 0) is 10.2 Å². The van der Waals surface area contributed by atoms with Crippen molar-refractivity contribution in [2.75, 3.05) is 20.1 Å². The molecule has 22 heavy (non-hydrogen) atoms. The molecule has 0 spiro atoms. The molecule has 0 bridgehead atoms. The SMILES string of the molecule is CCC(CC)(CNC(=O)N(C)CCC(=O)O)c1ccccc1. The quantitative estimate of drug-likeness (QED) is 0.776. The maximum atomic E-state index is 12.1. The topological polar surface area (TPSA) is 69.6 Å². The highest BCUT2D eigenvalue weighted by Gasteiger charge is 2.29. The number of benzene rings is 1. The second kappa shape index (κ2) is 8.41. The summed E-state index contributed by atoms with van der Waals surface area (Å²) < 4.78 is 0. The minimum absolute atomic E-state index is 0.0463. The third-order valence-electron chi connectivity index (χ3n) is 4.33. The number of carboxylic acids is 1. The van der Waals surface area contributed by atoms with E-state index in [0.29, 0.717) is 6.54 Å². The van der Waals surface area contributed by atoms with E-state index in [-0.39, 0.29) is 24.4 Å². The van der Waals surface area contributed by atoms with E-state index in [2.05, 4.69) is 31.3 Å². The summed E-state index contributed by atoms with van der Waals surface area (Å²) in [5, 5.41) is 11.6. The first kappa shape index (κ1) is 18.0. The lowest BCUT2D eigenvalue weighted by Gasteiger charge is -2.33. The predicted molar refractivity (Wildman–Crippen MR) is 87.0 cm³/mol. The van der Waals surface area contributed by atoms with Gasteiger partial charge in [-0.15, -0.1) is 0 Å². The van der Waals surface area contributed by atoms with Crippen molar-refractivity contribution in [1.82, 2.24) is 10.2 Å². The van der Waals surface area contributed by atoms with Gasteiger partial charge in [0, 0.05) is 25.6 Å². The van der Waals surface area contributed by atoms with Crippen molar-refractivity contribution in [3.63, 3.8) is 0 Å². The average Bonchev–Trinajstić information content (AvgIpc) is 2.54. The first-order valence-electron chi connectivity index (χ1n) is 7.71. The maximum Gasteiger partial charge on any atom is 0.317 e. The van der Waals surface area contributed by atoms with Crippen molar-refractivity contribution in [3.8, 4) is 0 Å². The molecule has 1 rings (SSSR count). The number of hydrogen-bond acceptors (Lipinski definition) is 2. The van der Waals surface area contributed by atoms with Gasteiger partial charge in [0.15, 0.2) is 0 Å². The molecule has 0 aliphatic carbocycles. The summed E-state index contributed by atoms with van der Waals surface area (Å²) in [6.07, 6.45) is 1.80. The molecule has 1 aromatic carbocycles. The number of carboxylic acid groups (broad SMARTS) is 1. The fourth-order valence-electron chi connectivity index (χ4n) is 2.55. The van der Waals surface area contributed by atoms with E-state index in [1.165, 1.54) is 10.5 Å². The molecular formula is C17H26N2O3. The van der Waals surface area contributed by atoms with Gasteiger partial charge < -0.3 is 15.3 Å². The molecule has 0 saturated carbocycles. The Bertz CT molecular complexity index is 484. The van der Waals surface area contributed by atoms with Crippen molar-refractivity contribution < 1.29 is 14.7 Å². The van der Waals surface area contributed by atoms with Gasteiger partial charge >= 0.3 is 12.0 Å². The maximum absolute atomic E-state index is 12.1. The van der Waals surface area contributed by atoms with Crippen LogP contribution in [0.25, 0.3) is 0 Å². The van der Waals surface area contributed by atoms with Gasteiger partial charge in [0.25, 0.3) is 0 Å². The molecule has 5 nitrogen and oxygen atoms in total. The highest BCUT2D eigenvalue weighted by atomic mass is 16.4. The number of nitrogens with zero attached hydrogens (tertiary/aromatic N) is 1. The van der Waals surface area contributed by atoms with Gasteiger partial charge in [0.05, 0.1) is 6.42 Å². The lowest BCUT2D eigenvalue weighted by molar-refractivity contribution is -0.137. The molecule has 2 N–H and O–H groups in total. The van der Waals surface area contributed by atoms with Gasteiger partial charge in [-0.2, -0.15) is 0 Å². The Hall–Kier alpha value is -2.04. The number of nitrogens with one attached hydrogen (secondary N) is 1. The third-order valence-corrected chi connectivity index (χ3v) is 4.33. The largest absolute Gasteiger partial charge is 0.481 e. The molecule has 0 fully saturated rings. The van der Waals surface area contributed by atoms with Crippen LogP contribution in [0.15, 0.2) is 30.3 Å². The minimum Gasteiger partial charge on any atom is -0.481 e. The Morgan fingerprint density at radius 3 is 2.27 bits per heavy atom. The molecular weight excluding hydrogens is 280 g/mol. The van der Waals surface area contributed by atoms with E-state index >= 15 is 0 Å².